The first kappa shape index (κ1) is 19.2. The Kier molecular flexibility index (Phi) is 6.70. The van der Waals surface area contributed by atoms with E-state index in [2.05, 4.69) is 45.8 Å². The van der Waals surface area contributed by atoms with Crippen LogP contribution in [0.25, 0.3) is 0 Å². The molecule has 1 saturated heterocycles. The quantitative estimate of drug-likeness (QED) is 0.576. The molecule has 2 heterocycles. The molecule has 2 N–H and O–H groups in total. The molecule has 7 nitrogen and oxygen atoms in total. The van der Waals surface area contributed by atoms with Gasteiger partial charge in [0.05, 0.1) is 18.3 Å². The van der Waals surface area contributed by atoms with Crippen LogP contribution in [0.1, 0.15) is 29.7 Å². The average Bonchev–Trinajstić information content (AvgIpc) is 3.33. The van der Waals surface area contributed by atoms with E-state index in [1.807, 2.05) is 17.8 Å². The fourth-order valence-electron chi connectivity index (χ4n) is 3.05. The van der Waals surface area contributed by atoms with Gasteiger partial charge < -0.3 is 20.1 Å². The maximum absolute atomic E-state index is 6.07. The van der Waals surface area contributed by atoms with Gasteiger partial charge in [0.25, 0.3) is 0 Å². The summed E-state index contributed by atoms with van der Waals surface area (Å²) < 4.78 is 13.6. The van der Waals surface area contributed by atoms with Crippen molar-refractivity contribution in [2.45, 2.75) is 39.0 Å². The molecule has 1 aliphatic heterocycles. The Bertz CT molecular complexity index is 765. The highest BCUT2D eigenvalue weighted by Crippen LogP contribution is 2.22. The summed E-state index contributed by atoms with van der Waals surface area (Å²) in [4.78, 5) is 4.29. The van der Waals surface area contributed by atoms with Gasteiger partial charge >= 0.3 is 0 Å². The Morgan fingerprint density at radius 1 is 1.33 bits per heavy atom. The van der Waals surface area contributed by atoms with Gasteiger partial charge in [0.2, 0.25) is 0 Å². The largest absolute Gasteiger partial charge is 0.491 e. The molecule has 1 fully saturated rings. The number of hydrogen-bond donors (Lipinski definition) is 2. The Morgan fingerprint density at radius 2 is 2.19 bits per heavy atom. The molecular weight excluding hydrogens is 342 g/mol. The van der Waals surface area contributed by atoms with Crippen molar-refractivity contribution in [2.24, 2.45) is 12.0 Å². The predicted molar refractivity (Wildman–Crippen MR) is 106 cm³/mol. The minimum atomic E-state index is 0.208. The number of nitrogens with one attached hydrogen (secondary N) is 2. The van der Waals surface area contributed by atoms with Crippen LogP contribution < -0.4 is 15.4 Å². The molecule has 1 aliphatic rings. The van der Waals surface area contributed by atoms with Crippen LogP contribution in [-0.2, 0) is 24.9 Å². The van der Waals surface area contributed by atoms with Crippen LogP contribution >= 0.6 is 0 Å². The number of nitrogens with zero attached hydrogens (tertiary/aromatic N) is 3. The standard InChI is InChI=1S/C20H29N5O2/c1-15-6-7-16(19(11-15)27-14-18-5-4-10-26-18)12-22-20(21-2)23-13-17-8-9-24-25(17)3/h6-9,11,18H,4-5,10,12-14H2,1-3H3,(H2,21,22,23). The van der Waals surface area contributed by atoms with Crippen molar-refractivity contribution in [3.05, 3.63) is 47.3 Å². The van der Waals surface area contributed by atoms with Crippen LogP contribution in [0.4, 0.5) is 0 Å². The van der Waals surface area contributed by atoms with Crippen LogP contribution in [0.15, 0.2) is 35.5 Å². The van der Waals surface area contributed by atoms with E-state index in [0.29, 0.717) is 19.7 Å². The first-order valence-corrected chi connectivity index (χ1v) is 9.41. The Morgan fingerprint density at radius 3 is 2.89 bits per heavy atom. The van der Waals surface area contributed by atoms with E-state index < -0.39 is 0 Å². The normalized spacial score (nSPS) is 17.1. The lowest BCUT2D eigenvalue weighted by Crippen LogP contribution is -2.36. The van der Waals surface area contributed by atoms with E-state index >= 15 is 0 Å². The molecule has 146 valence electrons. The smallest absolute Gasteiger partial charge is 0.191 e. The summed E-state index contributed by atoms with van der Waals surface area (Å²) in [5, 5.41) is 10.8. The maximum Gasteiger partial charge on any atom is 0.191 e. The van der Waals surface area contributed by atoms with Crippen LogP contribution in [0, 0.1) is 6.92 Å². The molecule has 1 unspecified atom stereocenters. The van der Waals surface area contributed by atoms with Crippen LogP contribution in [-0.4, -0.2) is 42.1 Å². The minimum absolute atomic E-state index is 0.208. The number of guanidine groups is 1. The summed E-state index contributed by atoms with van der Waals surface area (Å²) in [5.41, 5.74) is 3.37. The van der Waals surface area contributed by atoms with Gasteiger partial charge in [-0.25, -0.2) is 0 Å². The lowest BCUT2D eigenvalue weighted by Gasteiger charge is -2.17. The van der Waals surface area contributed by atoms with Gasteiger partial charge in [-0.15, -0.1) is 0 Å². The van der Waals surface area contributed by atoms with E-state index in [4.69, 9.17) is 9.47 Å². The predicted octanol–water partition coefficient (Wildman–Crippen LogP) is 2.15. The van der Waals surface area contributed by atoms with Crippen molar-refractivity contribution in [2.75, 3.05) is 20.3 Å². The lowest BCUT2D eigenvalue weighted by atomic mass is 10.1. The number of aromatic nitrogens is 2. The third kappa shape index (κ3) is 5.47. The number of aryl methyl sites for hydroxylation is 2. The molecule has 7 heteroatoms. The Balaban J connectivity index is 1.56. The zero-order valence-electron chi connectivity index (χ0n) is 16.4. The summed E-state index contributed by atoms with van der Waals surface area (Å²) in [6, 6.07) is 8.26. The summed E-state index contributed by atoms with van der Waals surface area (Å²) in [6.07, 6.45) is 4.19. The molecule has 0 bridgehead atoms. The molecule has 0 radical (unpaired) electrons. The van der Waals surface area contributed by atoms with E-state index in [1.54, 1.807) is 13.2 Å². The molecule has 1 aromatic heterocycles. The number of ether oxygens (including phenoxy) is 2. The van der Waals surface area contributed by atoms with Gasteiger partial charge in [-0.3, -0.25) is 9.67 Å². The SMILES string of the molecule is CN=C(NCc1ccc(C)cc1OCC1CCCO1)NCc1ccnn1C. The van der Waals surface area contributed by atoms with E-state index in [0.717, 1.165) is 42.4 Å². The molecule has 1 atom stereocenters. The molecule has 0 amide bonds. The van der Waals surface area contributed by atoms with Gasteiger partial charge in [-0.1, -0.05) is 12.1 Å². The van der Waals surface area contributed by atoms with Gasteiger partial charge in [0, 0.05) is 39.0 Å². The molecule has 3 rings (SSSR count). The fraction of sp³-hybridized carbons (Fsp3) is 0.500. The first-order valence-electron chi connectivity index (χ1n) is 9.41. The molecule has 2 aromatic rings. The second-order valence-electron chi connectivity index (χ2n) is 6.78. The Hall–Kier alpha value is -2.54. The second kappa shape index (κ2) is 9.41. The van der Waals surface area contributed by atoms with Crippen LogP contribution in [0.3, 0.4) is 0 Å². The monoisotopic (exact) mass is 371 g/mol. The van der Waals surface area contributed by atoms with E-state index in [1.165, 1.54) is 5.56 Å². The summed E-state index contributed by atoms with van der Waals surface area (Å²) in [6.45, 7) is 4.81. The summed E-state index contributed by atoms with van der Waals surface area (Å²) >= 11 is 0. The summed E-state index contributed by atoms with van der Waals surface area (Å²) in [5.74, 6) is 1.64. The zero-order chi connectivity index (χ0) is 19.1. The molecule has 1 aromatic carbocycles. The van der Waals surface area contributed by atoms with Crippen LogP contribution in [0.2, 0.25) is 0 Å². The molecule has 0 saturated carbocycles. The highest BCUT2D eigenvalue weighted by Gasteiger charge is 2.17. The van der Waals surface area contributed by atoms with Crippen molar-refractivity contribution < 1.29 is 9.47 Å². The topological polar surface area (TPSA) is 72.7 Å². The average molecular weight is 371 g/mol. The lowest BCUT2D eigenvalue weighted by molar-refractivity contribution is 0.0676. The number of aliphatic imine (C=N–C) groups is 1. The highest BCUT2D eigenvalue weighted by atomic mass is 16.5. The van der Waals surface area contributed by atoms with Gasteiger partial charge in [0.15, 0.2) is 5.96 Å². The van der Waals surface area contributed by atoms with Crippen molar-refractivity contribution in [3.63, 3.8) is 0 Å². The minimum Gasteiger partial charge on any atom is -0.491 e. The van der Waals surface area contributed by atoms with Gasteiger partial charge in [-0.05, 0) is 37.5 Å². The maximum atomic E-state index is 6.07. The van der Waals surface area contributed by atoms with Crippen LogP contribution in [0.5, 0.6) is 5.75 Å². The molecule has 0 spiro atoms. The second-order valence-corrected chi connectivity index (χ2v) is 6.78. The van der Waals surface area contributed by atoms with E-state index in [-0.39, 0.29) is 6.10 Å². The van der Waals surface area contributed by atoms with Crippen molar-refractivity contribution in [1.29, 1.82) is 0 Å². The van der Waals surface area contributed by atoms with Crippen molar-refractivity contribution in [1.82, 2.24) is 20.4 Å². The van der Waals surface area contributed by atoms with Gasteiger partial charge in [-0.2, -0.15) is 5.10 Å². The number of rotatable bonds is 7. The number of benzene rings is 1. The zero-order valence-corrected chi connectivity index (χ0v) is 16.4. The third-order valence-electron chi connectivity index (χ3n) is 4.70. The Labute approximate surface area is 160 Å². The number of hydrogen-bond acceptors (Lipinski definition) is 4. The van der Waals surface area contributed by atoms with E-state index in [9.17, 15) is 0 Å². The fourth-order valence-corrected chi connectivity index (χ4v) is 3.05. The summed E-state index contributed by atoms with van der Waals surface area (Å²) in [7, 11) is 3.69. The van der Waals surface area contributed by atoms with Crippen molar-refractivity contribution >= 4 is 5.96 Å². The third-order valence-corrected chi connectivity index (χ3v) is 4.70. The molecular formula is C20H29N5O2. The van der Waals surface area contributed by atoms with Crippen molar-refractivity contribution in [3.8, 4) is 5.75 Å². The first-order chi connectivity index (χ1) is 13.2. The molecule has 27 heavy (non-hydrogen) atoms. The highest BCUT2D eigenvalue weighted by molar-refractivity contribution is 5.79. The van der Waals surface area contributed by atoms with Gasteiger partial charge in [0.1, 0.15) is 12.4 Å². The molecule has 0 aliphatic carbocycles.